The summed E-state index contributed by atoms with van der Waals surface area (Å²) in [5.41, 5.74) is 2.07. The van der Waals surface area contributed by atoms with Crippen LogP contribution in [-0.2, 0) is 20.9 Å². The monoisotopic (exact) mass is 400 g/mol. The number of rotatable bonds is 5. The second-order valence-corrected chi connectivity index (χ2v) is 6.58. The van der Waals surface area contributed by atoms with Crippen molar-refractivity contribution in [3.8, 4) is 5.75 Å². The van der Waals surface area contributed by atoms with Gasteiger partial charge in [-0.05, 0) is 36.2 Å². The number of benzene rings is 2. The van der Waals surface area contributed by atoms with E-state index in [1.165, 1.54) is 13.2 Å². The minimum atomic E-state index is -0.623. The topological polar surface area (TPSA) is 95.9 Å². The number of imide groups is 1. The average Bonchev–Trinajstić information content (AvgIpc) is 2.89. The zero-order chi connectivity index (χ0) is 20.4. The highest BCUT2D eigenvalue weighted by molar-refractivity contribution is 6.48. The van der Waals surface area contributed by atoms with E-state index < -0.39 is 17.8 Å². The van der Waals surface area contributed by atoms with Gasteiger partial charge in [0.1, 0.15) is 16.5 Å². The molecular formula is C20H17ClN2O5. The lowest BCUT2D eigenvalue weighted by atomic mass is 10.1. The molecule has 0 atom stereocenters. The van der Waals surface area contributed by atoms with Crippen LogP contribution in [-0.4, -0.2) is 34.9 Å². The molecule has 7 nitrogen and oxygen atoms in total. The highest BCUT2D eigenvalue weighted by Crippen LogP contribution is 2.29. The summed E-state index contributed by atoms with van der Waals surface area (Å²) >= 11 is 6.07. The van der Waals surface area contributed by atoms with Crippen LogP contribution in [0.4, 0.5) is 5.69 Å². The number of hydrogen-bond acceptors (Lipinski definition) is 6. The van der Waals surface area contributed by atoms with E-state index in [0.717, 1.165) is 4.90 Å². The molecule has 144 valence electrons. The first-order chi connectivity index (χ1) is 13.3. The third kappa shape index (κ3) is 3.70. The van der Waals surface area contributed by atoms with Gasteiger partial charge in [-0.25, -0.2) is 4.79 Å². The number of methoxy groups -OCH3 is 1. The summed E-state index contributed by atoms with van der Waals surface area (Å²) in [5, 5.41) is 12.4. The number of ether oxygens (including phenoxy) is 1. The zero-order valence-electron chi connectivity index (χ0n) is 15.2. The lowest BCUT2D eigenvalue weighted by Gasteiger charge is -2.15. The average molecular weight is 401 g/mol. The molecular weight excluding hydrogens is 384 g/mol. The summed E-state index contributed by atoms with van der Waals surface area (Å²) < 4.78 is 4.64. The van der Waals surface area contributed by atoms with Gasteiger partial charge in [0.25, 0.3) is 11.8 Å². The number of aromatic hydroxyl groups is 1. The Kier molecular flexibility index (Phi) is 5.37. The van der Waals surface area contributed by atoms with E-state index in [1.54, 1.807) is 43.3 Å². The lowest BCUT2D eigenvalue weighted by molar-refractivity contribution is -0.138. The van der Waals surface area contributed by atoms with Crippen LogP contribution in [0.1, 0.15) is 21.5 Å². The zero-order valence-corrected chi connectivity index (χ0v) is 15.9. The molecule has 0 radical (unpaired) electrons. The van der Waals surface area contributed by atoms with E-state index in [-0.39, 0.29) is 23.0 Å². The third-order valence-corrected chi connectivity index (χ3v) is 4.66. The molecule has 0 aliphatic carbocycles. The van der Waals surface area contributed by atoms with Gasteiger partial charge in [-0.2, -0.15) is 0 Å². The van der Waals surface area contributed by atoms with Gasteiger partial charge in [-0.15, -0.1) is 0 Å². The van der Waals surface area contributed by atoms with Crippen LogP contribution < -0.4 is 5.32 Å². The van der Waals surface area contributed by atoms with E-state index in [2.05, 4.69) is 10.1 Å². The standard InChI is InChI=1S/C20H17ClN2O5/c1-11-3-8-14(9-15(11)24)22-17-16(21)18(25)23(19(17)26)10-12-4-6-13(7-5-12)20(27)28-2/h3-9,22,24H,10H2,1-2H3. The molecule has 8 heteroatoms. The fourth-order valence-corrected chi connectivity index (χ4v) is 2.91. The van der Waals surface area contributed by atoms with Crippen LogP contribution >= 0.6 is 11.6 Å². The predicted molar refractivity (Wildman–Crippen MR) is 103 cm³/mol. The second-order valence-electron chi connectivity index (χ2n) is 6.20. The van der Waals surface area contributed by atoms with Crippen LogP contribution in [0.5, 0.6) is 5.75 Å². The Morgan fingerprint density at radius 2 is 1.82 bits per heavy atom. The molecule has 2 amide bonds. The van der Waals surface area contributed by atoms with Crippen LogP contribution in [0.3, 0.4) is 0 Å². The molecule has 0 fully saturated rings. The van der Waals surface area contributed by atoms with Gasteiger partial charge in [-0.3, -0.25) is 14.5 Å². The number of phenols is 1. The van der Waals surface area contributed by atoms with Crippen molar-refractivity contribution in [2.75, 3.05) is 12.4 Å². The van der Waals surface area contributed by atoms with E-state index in [9.17, 15) is 19.5 Å². The number of aryl methyl sites for hydroxylation is 1. The highest BCUT2D eigenvalue weighted by Gasteiger charge is 2.37. The summed E-state index contributed by atoms with van der Waals surface area (Å²) in [5.74, 6) is -1.62. The summed E-state index contributed by atoms with van der Waals surface area (Å²) in [6, 6.07) is 11.1. The fourth-order valence-electron chi connectivity index (χ4n) is 2.68. The molecule has 1 aliphatic rings. The van der Waals surface area contributed by atoms with Gasteiger partial charge in [-0.1, -0.05) is 29.8 Å². The highest BCUT2D eigenvalue weighted by atomic mass is 35.5. The normalized spacial score (nSPS) is 13.9. The summed E-state index contributed by atoms with van der Waals surface area (Å²) in [4.78, 5) is 37.6. The predicted octanol–water partition coefficient (Wildman–Crippen LogP) is 2.92. The number of nitrogens with zero attached hydrogens (tertiary/aromatic N) is 1. The van der Waals surface area contributed by atoms with Crippen LogP contribution in [0.25, 0.3) is 0 Å². The maximum Gasteiger partial charge on any atom is 0.337 e. The molecule has 0 unspecified atom stereocenters. The van der Waals surface area contributed by atoms with E-state index >= 15 is 0 Å². The number of halogens is 1. The number of amides is 2. The molecule has 0 spiro atoms. The Bertz CT molecular complexity index is 998. The minimum Gasteiger partial charge on any atom is -0.508 e. The van der Waals surface area contributed by atoms with Crippen molar-refractivity contribution in [3.63, 3.8) is 0 Å². The first-order valence-corrected chi connectivity index (χ1v) is 8.69. The van der Waals surface area contributed by atoms with Gasteiger partial charge in [0.2, 0.25) is 0 Å². The van der Waals surface area contributed by atoms with Crippen molar-refractivity contribution in [1.29, 1.82) is 0 Å². The van der Waals surface area contributed by atoms with E-state index in [1.807, 2.05) is 0 Å². The quantitative estimate of drug-likeness (QED) is 0.591. The van der Waals surface area contributed by atoms with Crippen molar-refractivity contribution < 1.29 is 24.2 Å². The van der Waals surface area contributed by atoms with Crippen LogP contribution in [0.15, 0.2) is 53.2 Å². The molecule has 0 saturated carbocycles. The number of carbonyl (C=O) groups excluding carboxylic acids is 3. The van der Waals surface area contributed by atoms with Gasteiger partial charge in [0.15, 0.2) is 0 Å². The van der Waals surface area contributed by atoms with E-state index in [0.29, 0.717) is 22.4 Å². The van der Waals surface area contributed by atoms with Crippen molar-refractivity contribution in [2.24, 2.45) is 0 Å². The van der Waals surface area contributed by atoms with Gasteiger partial charge < -0.3 is 15.2 Å². The number of anilines is 1. The first-order valence-electron chi connectivity index (χ1n) is 8.31. The minimum absolute atomic E-state index is 0.000330. The number of esters is 1. The van der Waals surface area contributed by atoms with Crippen LogP contribution in [0.2, 0.25) is 0 Å². The number of phenolic OH excluding ortho intramolecular Hbond substituents is 1. The van der Waals surface area contributed by atoms with Crippen molar-refractivity contribution in [1.82, 2.24) is 4.90 Å². The van der Waals surface area contributed by atoms with Crippen LogP contribution in [0, 0.1) is 6.92 Å². The summed E-state index contributed by atoms with van der Waals surface area (Å²) in [6.45, 7) is 1.74. The third-order valence-electron chi connectivity index (χ3n) is 4.31. The smallest absolute Gasteiger partial charge is 0.337 e. The Morgan fingerprint density at radius 3 is 2.43 bits per heavy atom. The molecule has 2 N–H and O–H groups in total. The van der Waals surface area contributed by atoms with Gasteiger partial charge >= 0.3 is 5.97 Å². The number of nitrogens with one attached hydrogen (secondary N) is 1. The molecule has 2 aromatic carbocycles. The van der Waals surface area contributed by atoms with Crippen molar-refractivity contribution >= 4 is 35.1 Å². The van der Waals surface area contributed by atoms with Gasteiger partial charge in [0.05, 0.1) is 19.2 Å². The molecule has 2 aromatic rings. The Balaban J connectivity index is 1.76. The Morgan fingerprint density at radius 1 is 1.14 bits per heavy atom. The van der Waals surface area contributed by atoms with Crippen molar-refractivity contribution in [3.05, 3.63) is 69.9 Å². The molecule has 1 aliphatic heterocycles. The molecule has 28 heavy (non-hydrogen) atoms. The maximum absolute atomic E-state index is 12.7. The second kappa shape index (κ2) is 7.74. The van der Waals surface area contributed by atoms with E-state index in [4.69, 9.17) is 11.6 Å². The summed E-state index contributed by atoms with van der Waals surface area (Å²) in [7, 11) is 1.29. The molecule has 0 saturated heterocycles. The summed E-state index contributed by atoms with van der Waals surface area (Å²) in [6.07, 6.45) is 0. The molecule has 0 aromatic heterocycles. The molecule has 1 heterocycles. The first kappa shape index (κ1) is 19.4. The molecule has 0 bridgehead atoms. The fraction of sp³-hybridized carbons (Fsp3) is 0.150. The number of carbonyl (C=O) groups is 3. The molecule has 3 rings (SSSR count). The van der Waals surface area contributed by atoms with Crippen molar-refractivity contribution in [2.45, 2.75) is 13.5 Å². The Hall–Kier alpha value is -3.32. The lowest BCUT2D eigenvalue weighted by Crippen LogP contribution is -2.31. The SMILES string of the molecule is COC(=O)c1ccc(CN2C(=O)C(Cl)=C(Nc3ccc(C)c(O)c3)C2=O)cc1. The largest absolute Gasteiger partial charge is 0.508 e. The number of hydrogen-bond donors (Lipinski definition) is 2. The maximum atomic E-state index is 12.7. The Labute approximate surface area is 166 Å². The van der Waals surface area contributed by atoms with Gasteiger partial charge in [0, 0.05) is 11.8 Å².